The number of hydrogen-bond acceptors (Lipinski definition) is 9. The highest BCUT2D eigenvalue weighted by molar-refractivity contribution is 7.13. The summed E-state index contributed by atoms with van der Waals surface area (Å²) in [4.78, 5) is 45.1. The number of Topliss-reactive ketones (excluding diaryl/α,β-unsaturated/α-hetero) is 1. The van der Waals surface area contributed by atoms with Gasteiger partial charge in [0.05, 0.1) is 12.8 Å². The van der Waals surface area contributed by atoms with Gasteiger partial charge in [-0.2, -0.15) is 0 Å². The molecule has 12 heteroatoms. The minimum absolute atomic E-state index is 0.0874. The molecule has 0 aliphatic carbocycles. The molecule has 2 atom stereocenters. The van der Waals surface area contributed by atoms with Gasteiger partial charge in [0.1, 0.15) is 17.4 Å². The molecule has 0 saturated heterocycles. The summed E-state index contributed by atoms with van der Waals surface area (Å²) in [5, 5.41) is 14.9. The number of nitrogens with two attached hydrogens (primary N) is 1. The standard InChI is InChI=1S/C22H23BN4O6S/c1-11-4-3-5-12-8-13(23(31)33-19(11)12)9-16(28)18(15-10-34-22(24)25-15)27-21(30)14-6-7-17(32-2)26-20(14)29/h3-7,10,13,18,31H,8-9H2,1-2H3,(H2,24,25)(H,26,29)(H,27,30)/t13-,18?/m1/s1. The number of aryl methyl sites for hydroxylation is 1. The third-order valence-electron chi connectivity index (χ3n) is 5.66. The molecule has 0 fully saturated rings. The Kier molecular flexibility index (Phi) is 6.71. The monoisotopic (exact) mass is 482 g/mol. The first kappa shape index (κ1) is 23.5. The minimum atomic E-state index is -1.18. The Morgan fingerprint density at radius 3 is 2.88 bits per heavy atom. The summed E-state index contributed by atoms with van der Waals surface area (Å²) >= 11 is 1.12. The zero-order valence-electron chi connectivity index (χ0n) is 18.5. The summed E-state index contributed by atoms with van der Waals surface area (Å²) in [5.41, 5.74) is 6.94. The second kappa shape index (κ2) is 9.70. The lowest BCUT2D eigenvalue weighted by atomic mass is 9.64. The number of benzene rings is 1. The van der Waals surface area contributed by atoms with Gasteiger partial charge in [0.25, 0.3) is 11.5 Å². The Balaban J connectivity index is 1.56. The lowest BCUT2D eigenvalue weighted by Gasteiger charge is -2.29. The van der Waals surface area contributed by atoms with Crippen molar-refractivity contribution in [3.8, 4) is 11.6 Å². The van der Waals surface area contributed by atoms with Crippen LogP contribution in [0.5, 0.6) is 11.6 Å². The van der Waals surface area contributed by atoms with Gasteiger partial charge in [-0.3, -0.25) is 19.4 Å². The van der Waals surface area contributed by atoms with Crippen LogP contribution in [0.2, 0.25) is 5.82 Å². The van der Waals surface area contributed by atoms with Crippen molar-refractivity contribution in [1.29, 1.82) is 0 Å². The van der Waals surface area contributed by atoms with E-state index in [0.29, 0.717) is 12.2 Å². The van der Waals surface area contributed by atoms with Gasteiger partial charge in [-0.15, -0.1) is 11.3 Å². The SMILES string of the molecule is COc1ccc(C(=O)NC(C(=O)C[C@H]2Cc3cccc(C)c3OB2O)c2csc(N)n2)c(=O)[nH]1. The molecule has 34 heavy (non-hydrogen) atoms. The van der Waals surface area contributed by atoms with Crippen LogP contribution in [-0.2, 0) is 11.2 Å². The zero-order chi connectivity index (χ0) is 24.4. The number of nitrogen functional groups attached to an aromatic ring is 1. The number of H-pyrrole nitrogens is 1. The van der Waals surface area contributed by atoms with Crippen molar-refractivity contribution in [3.63, 3.8) is 0 Å². The number of thiazole rings is 1. The summed E-state index contributed by atoms with van der Waals surface area (Å²) < 4.78 is 10.6. The summed E-state index contributed by atoms with van der Waals surface area (Å²) in [6, 6.07) is 7.25. The average molecular weight is 482 g/mol. The van der Waals surface area contributed by atoms with E-state index < -0.39 is 36.2 Å². The van der Waals surface area contributed by atoms with Crippen LogP contribution in [0.25, 0.3) is 0 Å². The maximum Gasteiger partial charge on any atom is 0.526 e. The number of para-hydroxylation sites is 1. The molecule has 3 aromatic rings. The van der Waals surface area contributed by atoms with Crippen LogP contribution in [0.15, 0.2) is 40.5 Å². The normalized spacial score (nSPS) is 15.7. The number of pyridine rings is 1. The van der Waals surface area contributed by atoms with Gasteiger partial charge in [0.15, 0.2) is 16.8 Å². The number of ether oxygens (including phenoxy) is 1. The molecule has 1 aromatic carbocycles. The number of methoxy groups -OCH3 is 1. The van der Waals surface area contributed by atoms with E-state index in [-0.39, 0.29) is 28.7 Å². The molecular formula is C22H23BN4O6S. The number of amides is 1. The van der Waals surface area contributed by atoms with Gasteiger partial charge in [-0.25, -0.2) is 4.98 Å². The van der Waals surface area contributed by atoms with E-state index in [4.69, 9.17) is 15.1 Å². The van der Waals surface area contributed by atoms with Gasteiger partial charge in [0, 0.05) is 17.6 Å². The van der Waals surface area contributed by atoms with Crippen LogP contribution in [-0.4, -0.2) is 40.9 Å². The Bertz CT molecular complexity index is 1290. The number of aromatic amines is 1. The largest absolute Gasteiger partial charge is 0.536 e. The Morgan fingerprint density at radius 2 is 2.21 bits per heavy atom. The Morgan fingerprint density at radius 1 is 1.41 bits per heavy atom. The van der Waals surface area contributed by atoms with E-state index in [1.807, 2.05) is 25.1 Å². The number of nitrogens with one attached hydrogen (secondary N) is 2. The van der Waals surface area contributed by atoms with Crippen molar-refractivity contribution in [3.05, 3.63) is 68.4 Å². The molecule has 3 heterocycles. The predicted octanol–water partition coefficient (Wildman–Crippen LogP) is 1.65. The average Bonchev–Trinajstić information content (AvgIpc) is 3.24. The second-order valence-corrected chi connectivity index (χ2v) is 8.88. The molecule has 1 amide bonds. The highest BCUT2D eigenvalue weighted by atomic mass is 32.1. The van der Waals surface area contributed by atoms with E-state index in [2.05, 4.69) is 15.3 Å². The fraction of sp³-hybridized carbons (Fsp3) is 0.273. The van der Waals surface area contributed by atoms with Gasteiger partial charge in [-0.05, 0) is 36.6 Å². The molecule has 0 spiro atoms. The minimum Gasteiger partial charge on any atom is -0.536 e. The third-order valence-corrected chi connectivity index (χ3v) is 6.35. The molecule has 0 saturated carbocycles. The van der Waals surface area contributed by atoms with Crippen LogP contribution < -0.4 is 26.0 Å². The molecule has 4 rings (SSSR count). The number of carbonyl (C=O) groups is 2. The van der Waals surface area contributed by atoms with Gasteiger partial charge in [-0.1, -0.05) is 18.2 Å². The summed E-state index contributed by atoms with van der Waals surface area (Å²) in [5.74, 6) is -0.859. The van der Waals surface area contributed by atoms with Crippen LogP contribution in [0.4, 0.5) is 5.13 Å². The summed E-state index contributed by atoms with van der Waals surface area (Å²) in [7, 11) is 0.203. The fourth-order valence-corrected chi connectivity index (χ4v) is 4.50. The molecule has 1 aliphatic rings. The number of rotatable bonds is 7. The lowest BCUT2D eigenvalue weighted by molar-refractivity contribution is -0.121. The molecule has 2 aromatic heterocycles. The predicted molar refractivity (Wildman–Crippen MR) is 127 cm³/mol. The van der Waals surface area contributed by atoms with Gasteiger partial charge >= 0.3 is 7.12 Å². The van der Waals surface area contributed by atoms with Crippen LogP contribution in [0.3, 0.4) is 0 Å². The smallest absolute Gasteiger partial charge is 0.526 e. The molecule has 1 aliphatic heterocycles. The first-order valence-corrected chi connectivity index (χ1v) is 11.4. The molecule has 10 nitrogen and oxygen atoms in total. The van der Waals surface area contributed by atoms with E-state index in [1.54, 1.807) is 5.38 Å². The molecule has 176 valence electrons. The Labute approximate surface area is 199 Å². The lowest BCUT2D eigenvalue weighted by Crippen LogP contribution is -2.40. The molecule has 0 radical (unpaired) electrons. The first-order chi connectivity index (χ1) is 16.3. The quantitative estimate of drug-likeness (QED) is 0.371. The van der Waals surface area contributed by atoms with Crippen LogP contribution in [0, 0.1) is 6.92 Å². The molecule has 0 bridgehead atoms. The van der Waals surface area contributed by atoms with Crippen LogP contribution in [0.1, 0.15) is 39.6 Å². The number of anilines is 1. The van der Waals surface area contributed by atoms with Crippen molar-refractivity contribution in [2.24, 2.45) is 0 Å². The third kappa shape index (κ3) is 4.82. The Hall–Kier alpha value is -3.64. The topological polar surface area (TPSA) is 157 Å². The van der Waals surface area contributed by atoms with Crippen molar-refractivity contribution in [2.45, 2.75) is 31.6 Å². The van der Waals surface area contributed by atoms with Gasteiger partial charge in [0.2, 0.25) is 0 Å². The molecule has 1 unspecified atom stereocenters. The zero-order valence-corrected chi connectivity index (χ0v) is 19.3. The summed E-state index contributed by atoms with van der Waals surface area (Å²) in [6.07, 6.45) is 0.345. The summed E-state index contributed by atoms with van der Waals surface area (Å²) in [6.45, 7) is 1.89. The number of hydrogen-bond donors (Lipinski definition) is 4. The van der Waals surface area contributed by atoms with Crippen molar-refractivity contribution in [2.75, 3.05) is 12.8 Å². The first-order valence-electron chi connectivity index (χ1n) is 10.5. The van der Waals surface area contributed by atoms with E-state index >= 15 is 0 Å². The molecular weight excluding hydrogens is 459 g/mol. The van der Waals surface area contributed by atoms with E-state index in [1.165, 1.54) is 19.2 Å². The van der Waals surface area contributed by atoms with E-state index in [0.717, 1.165) is 22.5 Å². The maximum absolute atomic E-state index is 13.3. The van der Waals surface area contributed by atoms with Crippen molar-refractivity contribution >= 4 is 35.3 Å². The number of carbonyl (C=O) groups excluding carboxylic acids is 2. The highest BCUT2D eigenvalue weighted by Gasteiger charge is 2.39. The molecule has 5 N–H and O–H groups in total. The number of aromatic nitrogens is 2. The maximum atomic E-state index is 13.3. The number of ketones is 1. The van der Waals surface area contributed by atoms with E-state index in [9.17, 15) is 19.4 Å². The second-order valence-electron chi connectivity index (χ2n) is 7.99. The number of fused-ring (bicyclic) bond motifs is 1. The van der Waals surface area contributed by atoms with Gasteiger partial charge < -0.3 is 25.5 Å². The number of nitrogens with zero attached hydrogens (tertiary/aromatic N) is 1. The highest BCUT2D eigenvalue weighted by Crippen LogP contribution is 2.36. The van der Waals surface area contributed by atoms with Crippen molar-refractivity contribution in [1.82, 2.24) is 15.3 Å². The fourth-order valence-electron chi connectivity index (χ4n) is 3.91. The van der Waals surface area contributed by atoms with Crippen LogP contribution >= 0.6 is 11.3 Å². The van der Waals surface area contributed by atoms with Crippen molar-refractivity contribution < 1.29 is 24.0 Å².